The van der Waals surface area contributed by atoms with Gasteiger partial charge in [0.05, 0.1) is 12.5 Å². The topological polar surface area (TPSA) is 9.23 Å². The van der Waals surface area contributed by atoms with Crippen LogP contribution in [0.15, 0.2) is 40.9 Å². The van der Waals surface area contributed by atoms with Crippen LogP contribution in [0.5, 0.6) is 5.75 Å². The molecule has 0 saturated carbocycles. The van der Waals surface area contributed by atoms with Crippen LogP contribution in [0.3, 0.4) is 0 Å². The maximum atomic E-state index is 14.0. The van der Waals surface area contributed by atoms with Crippen molar-refractivity contribution in [1.29, 1.82) is 0 Å². The minimum absolute atomic E-state index is 0.366. The van der Waals surface area contributed by atoms with Crippen molar-refractivity contribution < 1.29 is 9.13 Å². The predicted octanol–water partition coefficient (Wildman–Crippen LogP) is 5.53. The van der Waals surface area contributed by atoms with Gasteiger partial charge in [-0.3, -0.25) is 0 Å². The predicted molar refractivity (Wildman–Crippen MR) is 87.5 cm³/mol. The highest BCUT2D eigenvalue weighted by Gasteiger charge is 2.18. The fourth-order valence-corrected chi connectivity index (χ4v) is 3.28. The van der Waals surface area contributed by atoms with Gasteiger partial charge in [-0.2, -0.15) is 0 Å². The number of alkyl halides is 1. The van der Waals surface area contributed by atoms with Crippen molar-refractivity contribution in [1.82, 2.24) is 0 Å². The maximum Gasteiger partial charge on any atom is 0.131 e. The molecular weight excluding hydrogens is 445 g/mol. The second-order valence-corrected chi connectivity index (χ2v) is 6.43. The Morgan fingerprint density at radius 2 is 1.95 bits per heavy atom. The molecule has 1 nitrogen and oxygen atoms in total. The zero-order chi connectivity index (χ0) is 14.0. The first-order chi connectivity index (χ1) is 9.02. The van der Waals surface area contributed by atoms with Crippen LogP contribution in [0.25, 0.3) is 0 Å². The minimum Gasteiger partial charge on any atom is -0.497 e. The molecule has 0 aliphatic carbocycles. The van der Waals surface area contributed by atoms with Crippen LogP contribution in [0.2, 0.25) is 0 Å². The van der Waals surface area contributed by atoms with Crippen molar-refractivity contribution >= 4 is 50.1 Å². The number of ether oxygens (including phenoxy) is 1. The average molecular weight is 455 g/mol. The first-order valence-corrected chi connectivity index (χ1v) is 7.76. The van der Waals surface area contributed by atoms with E-state index in [1.165, 1.54) is 13.2 Å². The van der Waals surface area contributed by atoms with E-state index in [1.807, 2.05) is 18.2 Å². The van der Waals surface area contributed by atoms with Crippen molar-refractivity contribution in [2.45, 2.75) is 5.38 Å². The number of rotatable bonds is 3. The van der Waals surface area contributed by atoms with E-state index in [-0.39, 0.29) is 5.82 Å². The Bertz CT molecular complexity index is 606. The normalized spacial score (nSPS) is 12.3. The van der Waals surface area contributed by atoms with E-state index in [9.17, 15) is 4.39 Å². The minimum atomic E-state index is -0.532. The van der Waals surface area contributed by atoms with Gasteiger partial charge in [0.15, 0.2) is 0 Å². The third-order valence-electron chi connectivity index (χ3n) is 2.71. The molecule has 0 bridgehead atoms. The lowest BCUT2D eigenvalue weighted by Gasteiger charge is -2.14. The van der Waals surface area contributed by atoms with Gasteiger partial charge >= 0.3 is 0 Å². The number of methoxy groups -OCH3 is 1. The molecule has 0 N–H and O–H groups in total. The summed E-state index contributed by atoms with van der Waals surface area (Å²) >= 11 is 12.0. The van der Waals surface area contributed by atoms with Crippen molar-refractivity contribution in [2.24, 2.45) is 0 Å². The van der Waals surface area contributed by atoms with E-state index in [0.29, 0.717) is 11.3 Å². The number of halogens is 4. The van der Waals surface area contributed by atoms with Gasteiger partial charge in [0.25, 0.3) is 0 Å². The maximum absolute atomic E-state index is 14.0. The molecule has 2 aromatic rings. The highest BCUT2D eigenvalue weighted by molar-refractivity contribution is 14.1. The van der Waals surface area contributed by atoms with Crippen LogP contribution in [-0.4, -0.2) is 7.11 Å². The number of benzene rings is 2. The fraction of sp³-hybridized carbons (Fsp3) is 0.143. The lowest BCUT2D eigenvalue weighted by molar-refractivity contribution is 0.410. The molecule has 19 heavy (non-hydrogen) atoms. The summed E-state index contributed by atoms with van der Waals surface area (Å²) in [6, 6.07) is 10.5. The van der Waals surface area contributed by atoms with Crippen LogP contribution in [0.4, 0.5) is 4.39 Å². The zero-order valence-corrected chi connectivity index (χ0v) is 14.5. The van der Waals surface area contributed by atoms with E-state index >= 15 is 0 Å². The van der Waals surface area contributed by atoms with Crippen LogP contribution in [0.1, 0.15) is 16.5 Å². The van der Waals surface area contributed by atoms with Crippen molar-refractivity contribution in [3.8, 4) is 5.75 Å². The van der Waals surface area contributed by atoms with E-state index in [1.54, 1.807) is 12.1 Å². The molecule has 0 amide bonds. The first kappa shape index (κ1) is 15.1. The van der Waals surface area contributed by atoms with Crippen molar-refractivity contribution in [3.63, 3.8) is 0 Å². The second kappa shape index (κ2) is 6.41. The summed E-state index contributed by atoms with van der Waals surface area (Å²) in [6.07, 6.45) is 0. The van der Waals surface area contributed by atoms with E-state index in [4.69, 9.17) is 16.3 Å². The molecule has 0 radical (unpaired) electrons. The van der Waals surface area contributed by atoms with Gasteiger partial charge in [0.1, 0.15) is 11.6 Å². The summed E-state index contributed by atoms with van der Waals surface area (Å²) in [5.41, 5.74) is 1.32. The van der Waals surface area contributed by atoms with Crippen molar-refractivity contribution in [2.75, 3.05) is 7.11 Å². The molecule has 0 aliphatic heterocycles. The molecule has 0 saturated heterocycles. The molecular formula is C14H10BrClFIO. The molecule has 2 rings (SSSR count). The third-order valence-corrected chi connectivity index (χ3v) is 4.66. The largest absolute Gasteiger partial charge is 0.497 e. The molecule has 100 valence electrons. The van der Waals surface area contributed by atoms with E-state index in [0.717, 1.165) is 13.6 Å². The van der Waals surface area contributed by atoms with Gasteiger partial charge in [0.2, 0.25) is 0 Å². The molecule has 5 heteroatoms. The van der Waals surface area contributed by atoms with Gasteiger partial charge in [-0.15, -0.1) is 11.6 Å². The van der Waals surface area contributed by atoms with Gasteiger partial charge < -0.3 is 4.74 Å². The highest BCUT2D eigenvalue weighted by Crippen LogP contribution is 2.35. The SMILES string of the molecule is COc1ccc(C(Cl)c2cc(Br)ccc2I)c(F)c1. The average Bonchev–Trinajstić information content (AvgIpc) is 2.40. The van der Waals surface area contributed by atoms with Gasteiger partial charge in [-0.1, -0.05) is 22.0 Å². The lowest BCUT2D eigenvalue weighted by Crippen LogP contribution is -2.00. The number of hydrogen-bond donors (Lipinski definition) is 0. The summed E-state index contributed by atoms with van der Waals surface area (Å²) < 4.78 is 20.9. The third kappa shape index (κ3) is 3.41. The van der Waals surface area contributed by atoms with Gasteiger partial charge in [0, 0.05) is 19.7 Å². The summed E-state index contributed by atoms with van der Waals surface area (Å²) in [5, 5.41) is -0.532. The van der Waals surface area contributed by atoms with Crippen LogP contribution in [0, 0.1) is 9.39 Å². The smallest absolute Gasteiger partial charge is 0.131 e. The summed E-state index contributed by atoms with van der Waals surface area (Å²) in [5.74, 6) is 0.115. The molecule has 0 fully saturated rings. The van der Waals surface area contributed by atoms with Gasteiger partial charge in [-0.05, 0) is 52.4 Å². The second-order valence-electron chi connectivity index (χ2n) is 3.92. The molecule has 2 aromatic carbocycles. The Labute approximate surface area is 138 Å². The Kier molecular flexibility index (Phi) is 5.09. The zero-order valence-electron chi connectivity index (χ0n) is 9.96. The van der Waals surface area contributed by atoms with Gasteiger partial charge in [-0.25, -0.2) is 4.39 Å². The molecule has 0 aromatic heterocycles. The lowest BCUT2D eigenvalue weighted by atomic mass is 10.0. The molecule has 0 aliphatic rings. The summed E-state index contributed by atoms with van der Waals surface area (Å²) in [6.45, 7) is 0. The Morgan fingerprint density at radius 1 is 1.21 bits per heavy atom. The van der Waals surface area contributed by atoms with Crippen LogP contribution >= 0.6 is 50.1 Å². The molecule has 1 unspecified atom stereocenters. The highest BCUT2D eigenvalue weighted by atomic mass is 127. The van der Waals surface area contributed by atoms with Crippen LogP contribution < -0.4 is 4.74 Å². The Morgan fingerprint density at radius 3 is 2.58 bits per heavy atom. The quantitative estimate of drug-likeness (QED) is 0.437. The summed E-state index contributed by atoms with van der Waals surface area (Å²) in [4.78, 5) is 0. The Hall–Kier alpha value is -0.330. The summed E-state index contributed by atoms with van der Waals surface area (Å²) in [7, 11) is 1.50. The fourth-order valence-electron chi connectivity index (χ4n) is 1.72. The monoisotopic (exact) mass is 454 g/mol. The standard InChI is InChI=1S/C14H10BrClFIO/c1-19-9-3-4-10(12(17)7-9)14(16)11-6-8(15)2-5-13(11)18/h2-7,14H,1H3. The van der Waals surface area contributed by atoms with Crippen LogP contribution in [-0.2, 0) is 0 Å². The van der Waals surface area contributed by atoms with Crippen molar-refractivity contribution in [3.05, 3.63) is 61.4 Å². The first-order valence-electron chi connectivity index (χ1n) is 5.45. The molecule has 1 atom stereocenters. The Balaban J connectivity index is 2.43. The molecule has 0 spiro atoms. The van der Waals surface area contributed by atoms with E-state index < -0.39 is 5.38 Å². The number of hydrogen-bond acceptors (Lipinski definition) is 1. The molecule has 0 heterocycles. The van der Waals surface area contributed by atoms with E-state index in [2.05, 4.69) is 38.5 Å².